The van der Waals surface area contributed by atoms with Gasteiger partial charge in [-0.25, -0.2) is 4.99 Å². The second-order valence-electron chi connectivity index (χ2n) is 7.28. The first-order valence-corrected chi connectivity index (χ1v) is 9.26. The lowest BCUT2D eigenvalue weighted by Crippen LogP contribution is -2.44. The molecule has 0 aliphatic carbocycles. The fraction of sp³-hybridized carbons (Fsp3) is 0.500. The summed E-state index contributed by atoms with van der Waals surface area (Å²) < 4.78 is 1.68. The SMILES string of the molecule is CCNC(=NCc1ccc(CN(C)C)cc1)NCC(C)(O)c1cnn(C)c1.I. The predicted octanol–water partition coefficient (Wildman–Crippen LogP) is 2.06. The zero-order valence-electron chi connectivity index (χ0n) is 17.4. The Bertz CT molecular complexity index is 739. The summed E-state index contributed by atoms with van der Waals surface area (Å²) in [4.78, 5) is 6.78. The van der Waals surface area contributed by atoms with Crippen molar-refractivity contribution < 1.29 is 5.11 Å². The quantitative estimate of drug-likeness (QED) is 0.294. The van der Waals surface area contributed by atoms with E-state index in [-0.39, 0.29) is 24.0 Å². The van der Waals surface area contributed by atoms with E-state index in [4.69, 9.17) is 0 Å². The molecule has 1 heterocycles. The van der Waals surface area contributed by atoms with Crippen LogP contribution in [0.4, 0.5) is 0 Å². The topological polar surface area (TPSA) is 77.7 Å². The highest BCUT2D eigenvalue weighted by atomic mass is 127. The third-order valence-electron chi connectivity index (χ3n) is 4.21. The number of hydrogen-bond donors (Lipinski definition) is 3. The molecule has 0 fully saturated rings. The molecule has 2 aromatic rings. The molecule has 7 nitrogen and oxygen atoms in total. The first-order chi connectivity index (χ1) is 12.8. The molecule has 0 bridgehead atoms. The zero-order chi connectivity index (χ0) is 19.9. The van der Waals surface area contributed by atoms with Gasteiger partial charge in [0.25, 0.3) is 0 Å². The van der Waals surface area contributed by atoms with Crippen LogP contribution in [0, 0.1) is 0 Å². The molecule has 3 N–H and O–H groups in total. The Morgan fingerprint density at radius 2 is 1.86 bits per heavy atom. The van der Waals surface area contributed by atoms with E-state index in [1.807, 2.05) is 20.2 Å². The summed E-state index contributed by atoms with van der Waals surface area (Å²) in [7, 11) is 5.96. The number of nitrogens with zero attached hydrogens (tertiary/aromatic N) is 4. The van der Waals surface area contributed by atoms with Crippen molar-refractivity contribution in [2.75, 3.05) is 27.2 Å². The molecule has 28 heavy (non-hydrogen) atoms. The van der Waals surface area contributed by atoms with Gasteiger partial charge in [0.15, 0.2) is 5.96 Å². The van der Waals surface area contributed by atoms with Gasteiger partial charge in [0.2, 0.25) is 0 Å². The molecule has 0 radical (unpaired) electrons. The third-order valence-corrected chi connectivity index (χ3v) is 4.21. The van der Waals surface area contributed by atoms with Gasteiger partial charge in [-0.1, -0.05) is 24.3 Å². The minimum Gasteiger partial charge on any atom is -0.383 e. The summed E-state index contributed by atoms with van der Waals surface area (Å²) in [5.41, 5.74) is 2.17. The molecule has 0 saturated heterocycles. The number of nitrogens with one attached hydrogen (secondary N) is 2. The van der Waals surface area contributed by atoms with Crippen molar-refractivity contribution in [3.63, 3.8) is 0 Å². The van der Waals surface area contributed by atoms with E-state index in [0.717, 1.165) is 24.2 Å². The van der Waals surface area contributed by atoms with Crippen LogP contribution in [0.5, 0.6) is 0 Å². The molecular weight excluding hydrogens is 467 g/mol. The van der Waals surface area contributed by atoms with Crippen LogP contribution < -0.4 is 10.6 Å². The number of aliphatic imine (C=N–C) groups is 1. The Balaban J connectivity index is 0.00000392. The number of aryl methyl sites for hydroxylation is 1. The second-order valence-corrected chi connectivity index (χ2v) is 7.28. The number of rotatable bonds is 8. The molecule has 1 atom stereocenters. The van der Waals surface area contributed by atoms with Crippen LogP contribution in [0.1, 0.15) is 30.5 Å². The van der Waals surface area contributed by atoms with E-state index in [1.165, 1.54) is 5.56 Å². The fourth-order valence-corrected chi connectivity index (χ4v) is 2.68. The number of halogens is 1. The van der Waals surface area contributed by atoms with E-state index in [9.17, 15) is 5.11 Å². The lowest BCUT2D eigenvalue weighted by atomic mass is 10.00. The number of hydrogen-bond acceptors (Lipinski definition) is 4. The lowest BCUT2D eigenvalue weighted by molar-refractivity contribution is 0.0616. The molecule has 1 unspecified atom stereocenters. The van der Waals surface area contributed by atoms with E-state index in [2.05, 4.69) is 64.0 Å². The highest BCUT2D eigenvalue weighted by molar-refractivity contribution is 14.0. The Kier molecular flexibility index (Phi) is 9.91. The largest absolute Gasteiger partial charge is 0.383 e. The van der Waals surface area contributed by atoms with Crippen molar-refractivity contribution in [3.8, 4) is 0 Å². The molecule has 0 aliphatic rings. The summed E-state index contributed by atoms with van der Waals surface area (Å²) in [6.45, 7) is 6.38. The molecule has 1 aromatic carbocycles. The van der Waals surface area contributed by atoms with Crippen molar-refractivity contribution in [1.82, 2.24) is 25.3 Å². The zero-order valence-corrected chi connectivity index (χ0v) is 19.8. The van der Waals surface area contributed by atoms with E-state index >= 15 is 0 Å². The Labute approximate surface area is 185 Å². The van der Waals surface area contributed by atoms with Gasteiger partial charge < -0.3 is 20.6 Å². The summed E-state index contributed by atoms with van der Waals surface area (Å²) >= 11 is 0. The Morgan fingerprint density at radius 1 is 1.21 bits per heavy atom. The van der Waals surface area contributed by atoms with Gasteiger partial charge in [0, 0.05) is 31.9 Å². The van der Waals surface area contributed by atoms with Gasteiger partial charge in [-0.3, -0.25) is 4.68 Å². The second kappa shape index (κ2) is 11.4. The first kappa shape index (κ1) is 24.4. The summed E-state index contributed by atoms with van der Waals surface area (Å²) in [5, 5.41) is 21.3. The van der Waals surface area contributed by atoms with Crippen molar-refractivity contribution in [2.24, 2.45) is 12.0 Å². The monoisotopic (exact) mass is 500 g/mol. The normalized spacial score (nSPS) is 13.8. The van der Waals surface area contributed by atoms with Gasteiger partial charge in [0.05, 0.1) is 19.3 Å². The minimum absolute atomic E-state index is 0. The van der Waals surface area contributed by atoms with Gasteiger partial charge in [-0.15, -0.1) is 24.0 Å². The van der Waals surface area contributed by atoms with Crippen LogP contribution in [0.15, 0.2) is 41.7 Å². The van der Waals surface area contributed by atoms with Gasteiger partial charge in [0.1, 0.15) is 5.60 Å². The highest BCUT2D eigenvalue weighted by Gasteiger charge is 2.24. The smallest absolute Gasteiger partial charge is 0.191 e. The van der Waals surface area contributed by atoms with Crippen LogP contribution in [0.25, 0.3) is 0 Å². The molecule has 156 valence electrons. The maximum absolute atomic E-state index is 10.7. The molecule has 2 rings (SSSR count). The highest BCUT2D eigenvalue weighted by Crippen LogP contribution is 2.18. The van der Waals surface area contributed by atoms with Crippen molar-refractivity contribution in [3.05, 3.63) is 53.3 Å². The average molecular weight is 500 g/mol. The molecule has 0 spiro atoms. The van der Waals surface area contributed by atoms with E-state index in [0.29, 0.717) is 19.0 Å². The number of aromatic nitrogens is 2. The van der Waals surface area contributed by atoms with Crippen LogP contribution in [-0.2, 0) is 25.7 Å². The average Bonchev–Trinajstić information content (AvgIpc) is 3.06. The standard InChI is InChI=1S/C20H32N6O.HI/c1-6-21-19(23-15-20(2,27)18-12-24-26(5)14-18)22-11-16-7-9-17(10-8-16)13-25(3)4;/h7-10,12,14,27H,6,11,13,15H2,1-5H3,(H2,21,22,23);1H. The van der Waals surface area contributed by atoms with Crippen molar-refractivity contribution in [1.29, 1.82) is 0 Å². The van der Waals surface area contributed by atoms with Crippen LogP contribution in [-0.4, -0.2) is 52.9 Å². The van der Waals surface area contributed by atoms with Crippen molar-refractivity contribution >= 4 is 29.9 Å². The summed E-state index contributed by atoms with van der Waals surface area (Å²) in [6.07, 6.45) is 3.50. The third kappa shape index (κ3) is 7.76. The summed E-state index contributed by atoms with van der Waals surface area (Å²) in [5.74, 6) is 0.680. The Morgan fingerprint density at radius 3 is 2.39 bits per heavy atom. The molecule has 1 aromatic heterocycles. The van der Waals surface area contributed by atoms with Gasteiger partial charge in [-0.05, 0) is 39.1 Å². The molecule has 8 heteroatoms. The van der Waals surface area contributed by atoms with Gasteiger partial charge in [-0.2, -0.15) is 5.10 Å². The maximum atomic E-state index is 10.7. The number of aliphatic hydroxyl groups is 1. The van der Waals surface area contributed by atoms with Gasteiger partial charge >= 0.3 is 0 Å². The minimum atomic E-state index is -1.03. The van der Waals surface area contributed by atoms with Crippen molar-refractivity contribution in [2.45, 2.75) is 32.5 Å². The first-order valence-electron chi connectivity index (χ1n) is 9.26. The summed E-state index contributed by atoms with van der Waals surface area (Å²) in [6, 6.07) is 8.49. The fourth-order valence-electron chi connectivity index (χ4n) is 2.68. The van der Waals surface area contributed by atoms with Crippen LogP contribution >= 0.6 is 24.0 Å². The van der Waals surface area contributed by atoms with Crippen LogP contribution in [0.3, 0.4) is 0 Å². The maximum Gasteiger partial charge on any atom is 0.191 e. The van der Waals surface area contributed by atoms with E-state index < -0.39 is 5.60 Å². The number of benzene rings is 1. The molecule has 0 saturated carbocycles. The number of guanidine groups is 1. The Hall–Kier alpha value is -1.65. The molecule has 0 amide bonds. The lowest BCUT2D eigenvalue weighted by Gasteiger charge is -2.23. The van der Waals surface area contributed by atoms with E-state index in [1.54, 1.807) is 17.8 Å². The molecular formula is C20H33IN6O. The molecule has 0 aliphatic heterocycles. The predicted molar refractivity (Wildman–Crippen MR) is 125 cm³/mol. The van der Waals surface area contributed by atoms with Crippen LogP contribution in [0.2, 0.25) is 0 Å².